The van der Waals surface area contributed by atoms with Gasteiger partial charge in [-0.15, -0.1) is 0 Å². The van der Waals surface area contributed by atoms with Crippen LogP contribution >= 0.6 is 15.9 Å². The molecule has 1 amide bonds. The van der Waals surface area contributed by atoms with E-state index < -0.39 is 0 Å². The number of anilines is 1. The maximum Gasteiger partial charge on any atom is 0.272 e. The maximum atomic E-state index is 12.3. The van der Waals surface area contributed by atoms with Gasteiger partial charge in [0.15, 0.2) is 0 Å². The number of H-pyrrole nitrogens is 1. The minimum Gasteiger partial charge on any atom is -0.351 e. The summed E-state index contributed by atoms with van der Waals surface area (Å²) in [6.07, 6.45) is 0. The Hall–Kier alpha value is -2.07. The van der Waals surface area contributed by atoms with E-state index in [2.05, 4.69) is 26.2 Å². The van der Waals surface area contributed by atoms with E-state index in [0.29, 0.717) is 5.69 Å². The number of hydrogen-bond donors (Lipinski definition) is 2. The second-order valence-corrected chi connectivity index (χ2v) is 6.05. The van der Waals surface area contributed by atoms with Crippen LogP contribution in [-0.4, -0.2) is 10.9 Å². The Balaban J connectivity index is 1.87. The van der Waals surface area contributed by atoms with Crippen LogP contribution in [0.15, 0.2) is 46.9 Å². The summed E-state index contributed by atoms with van der Waals surface area (Å²) < 4.78 is 0.979. The minimum absolute atomic E-state index is 0.139. The standard InChI is InChI=1S/C17H15BrN2O/c1-10-3-5-12-8-16(20-15(12)7-10)17(21)19-13-6-4-11(2)14(18)9-13/h3-9,20H,1-2H3,(H,19,21). The minimum atomic E-state index is -0.139. The molecule has 1 heterocycles. The molecule has 0 aliphatic rings. The first kappa shape index (κ1) is 13.9. The van der Waals surface area contributed by atoms with Gasteiger partial charge in [0.05, 0.1) is 0 Å². The molecule has 4 heteroatoms. The number of fused-ring (bicyclic) bond motifs is 1. The van der Waals surface area contributed by atoms with Gasteiger partial charge in [0.25, 0.3) is 5.91 Å². The summed E-state index contributed by atoms with van der Waals surface area (Å²) in [5.74, 6) is -0.139. The number of carbonyl (C=O) groups excluding carboxylic acids is 1. The monoisotopic (exact) mass is 342 g/mol. The molecule has 0 spiro atoms. The third-order valence-electron chi connectivity index (χ3n) is 3.45. The number of aromatic amines is 1. The highest BCUT2D eigenvalue weighted by Crippen LogP contribution is 2.22. The summed E-state index contributed by atoms with van der Waals surface area (Å²) in [4.78, 5) is 15.5. The van der Waals surface area contributed by atoms with Crippen LogP contribution in [0.25, 0.3) is 10.9 Å². The molecule has 106 valence electrons. The molecule has 0 saturated carbocycles. The number of halogens is 1. The lowest BCUT2D eigenvalue weighted by atomic mass is 10.2. The number of amides is 1. The van der Waals surface area contributed by atoms with E-state index in [-0.39, 0.29) is 5.91 Å². The second kappa shape index (κ2) is 5.37. The lowest BCUT2D eigenvalue weighted by molar-refractivity contribution is 0.102. The van der Waals surface area contributed by atoms with Crippen LogP contribution < -0.4 is 5.32 Å². The number of carbonyl (C=O) groups is 1. The molecule has 0 fully saturated rings. The van der Waals surface area contributed by atoms with Crippen LogP contribution in [0.2, 0.25) is 0 Å². The Labute approximate surface area is 131 Å². The first-order valence-electron chi connectivity index (χ1n) is 6.70. The summed E-state index contributed by atoms with van der Waals surface area (Å²) in [7, 11) is 0. The molecule has 3 rings (SSSR count). The molecule has 0 saturated heterocycles. The zero-order chi connectivity index (χ0) is 15.0. The topological polar surface area (TPSA) is 44.9 Å². The molecular formula is C17H15BrN2O. The molecule has 3 nitrogen and oxygen atoms in total. The molecule has 0 radical (unpaired) electrons. The van der Waals surface area contributed by atoms with E-state index in [1.54, 1.807) is 0 Å². The van der Waals surface area contributed by atoms with Crippen LogP contribution in [0.3, 0.4) is 0 Å². The van der Waals surface area contributed by atoms with Crippen LogP contribution in [0.5, 0.6) is 0 Å². The lowest BCUT2D eigenvalue weighted by Crippen LogP contribution is -2.12. The first-order valence-corrected chi connectivity index (χ1v) is 7.49. The van der Waals surface area contributed by atoms with Crippen molar-refractivity contribution in [1.82, 2.24) is 4.98 Å². The van der Waals surface area contributed by atoms with Gasteiger partial charge in [-0.3, -0.25) is 4.79 Å². The average Bonchev–Trinajstić information content (AvgIpc) is 2.86. The van der Waals surface area contributed by atoms with E-state index in [0.717, 1.165) is 26.6 Å². The molecule has 0 atom stereocenters. The summed E-state index contributed by atoms with van der Waals surface area (Å²) in [5.41, 5.74) is 4.61. The van der Waals surface area contributed by atoms with Crippen LogP contribution in [0.4, 0.5) is 5.69 Å². The summed E-state index contributed by atoms with van der Waals surface area (Å²) in [6, 6.07) is 13.7. The largest absolute Gasteiger partial charge is 0.351 e. The van der Waals surface area contributed by atoms with Crippen molar-refractivity contribution in [2.75, 3.05) is 5.32 Å². The number of nitrogens with one attached hydrogen (secondary N) is 2. The Morgan fingerprint density at radius 2 is 1.90 bits per heavy atom. The van der Waals surface area contributed by atoms with Gasteiger partial charge in [-0.25, -0.2) is 0 Å². The molecule has 0 unspecified atom stereocenters. The summed E-state index contributed by atoms with van der Waals surface area (Å²) >= 11 is 3.47. The Morgan fingerprint density at radius 3 is 2.67 bits per heavy atom. The molecule has 0 aliphatic carbocycles. The van der Waals surface area contributed by atoms with Gasteiger partial charge < -0.3 is 10.3 Å². The van der Waals surface area contributed by atoms with Crippen molar-refractivity contribution in [3.05, 3.63) is 63.8 Å². The van der Waals surface area contributed by atoms with E-state index in [1.807, 2.05) is 56.3 Å². The quantitative estimate of drug-likeness (QED) is 0.690. The predicted molar refractivity (Wildman–Crippen MR) is 89.9 cm³/mol. The summed E-state index contributed by atoms with van der Waals surface area (Å²) in [5, 5.41) is 3.94. The maximum absolute atomic E-state index is 12.3. The Morgan fingerprint density at radius 1 is 1.10 bits per heavy atom. The summed E-state index contributed by atoms with van der Waals surface area (Å²) in [6.45, 7) is 4.04. The van der Waals surface area contributed by atoms with E-state index in [1.165, 1.54) is 5.56 Å². The van der Waals surface area contributed by atoms with Gasteiger partial charge in [-0.2, -0.15) is 0 Å². The van der Waals surface area contributed by atoms with Gasteiger partial charge in [-0.1, -0.05) is 34.1 Å². The lowest BCUT2D eigenvalue weighted by Gasteiger charge is -2.05. The highest BCUT2D eigenvalue weighted by Gasteiger charge is 2.10. The van der Waals surface area contributed by atoms with Gasteiger partial charge in [-0.05, 0) is 49.2 Å². The smallest absolute Gasteiger partial charge is 0.272 e. The van der Waals surface area contributed by atoms with Crippen molar-refractivity contribution in [1.29, 1.82) is 0 Å². The Bertz CT molecular complexity index is 836. The second-order valence-electron chi connectivity index (χ2n) is 5.19. The van der Waals surface area contributed by atoms with Crippen molar-refractivity contribution in [3.8, 4) is 0 Å². The normalized spacial score (nSPS) is 10.8. The van der Waals surface area contributed by atoms with Crippen LogP contribution in [0.1, 0.15) is 21.6 Å². The fraction of sp³-hybridized carbons (Fsp3) is 0.118. The van der Waals surface area contributed by atoms with Crippen molar-refractivity contribution in [2.45, 2.75) is 13.8 Å². The van der Waals surface area contributed by atoms with Gasteiger partial charge >= 0.3 is 0 Å². The SMILES string of the molecule is Cc1ccc2cc(C(=O)Nc3ccc(C)c(Br)c3)[nH]c2c1. The van der Waals surface area contributed by atoms with E-state index in [9.17, 15) is 4.79 Å². The number of rotatable bonds is 2. The highest BCUT2D eigenvalue weighted by molar-refractivity contribution is 9.10. The van der Waals surface area contributed by atoms with E-state index >= 15 is 0 Å². The highest BCUT2D eigenvalue weighted by atomic mass is 79.9. The van der Waals surface area contributed by atoms with Crippen molar-refractivity contribution < 1.29 is 4.79 Å². The van der Waals surface area contributed by atoms with Crippen molar-refractivity contribution in [3.63, 3.8) is 0 Å². The van der Waals surface area contributed by atoms with Gasteiger partial charge in [0.1, 0.15) is 5.69 Å². The fourth-order valence-corrected chi connectivity index (χ4v) is 2.61. The zero-order valence-electron chi connectivity index (χ0n) is 11.8. The number of aryl methyl sites for hydroxylation is 2. The molecule has 2 N–H and O–H groups in total. The van der Waals surface area contributed by atoms with Crippen molar-refractivity contribution >= 4 is 38.4 Å². The fourth-order valence-electron chi connectivity index (χ4n) is 2.23. The van der Waals surface area contributed by atoms with Crippen LogP contribution in [0, 0.1) is 13.8 Å². The third kappa shape index (κ3) is 2.85. The Kier molecular flexibility index (Phi) is 3.55. The zero-order valence-corrected chi connectivity index (χ0v) is 13.4. The number of aromatic nitrogens is 1. The van der Waals surface area contributed by atoms with Gasteiger partial charge in [0, 0.05) is 21.1 Å². The molecular weight excluding hydrogens is 328 g/mol. The number of hydrogen-bond acceptors (Lipinski definition) is 1. The molecule has 0 bridgehead atoms. The molecule has 2 aromatic carbocycles. The van der Waals surface area contributed by atoms with E-state index in [4.69, 9.17) is 0 Å². The number of benzene rings is 2. The molecule has 3 aromatic rings. The molecule has 0 aliphatic heterocycles. The third-order valence-corrected chi connectivity index (χ3v) is 4.31. The first-order chi connectivity index (χ1) is 10.0. The van der Waals surface area contributed by atoms with Crippen LogP contribution in [-0.2, 0) is 0 Å². The molecule has 1 aromatic heterocycles. The predicted octanol–water partition coefficient (Wildman–Crippen LogP) is 4.80. The van der Waals surface area contributed by atoms with Crippen molar-refractivity contribution in [2.24, 2.45) is 0 Å². The average molecular weight is 343 g/mol. The molecule has 21 heavy (non-hydrogen) atoms. The van der Waals surface area contributed by atoms with Gasteiger partial charge in [0.2, 0.25) is 0 Å².